The number of carbonyl (C=O) groups excluding carboxylic acids is 1. The highest BCUT2D eigenvalue weighted by atomic mass is 16.2. The van der Waals surface area contributed by atoms with Crippen LogP contribution in [0, 0.1) is 5.92 Å². The number of likely N-dealkylation sites (tertiary alicyclic amines) is 1. The van der Waals surface area contributed by atoms with E-state index in [1.165, 1.54) is 50.9 Å². The molecular weight excluding hydrogens is 324 g/mol. The summed E-state index contributed by atoms with van der Waals surface area (Å²) in [5, 5.41) is 2.88. The van der Waals surface area contributed by atoms with Crippen LogP contribution in [0.1, 0.15) is 39.0 Å². The second kappa shape index (κ2) is 7.87. The average molecular weight is 357 g/mol. The number of anilines is 2. The Kier molecular flexibility index (Phi) is 5.34. The van der Waals surface area contributed by atoms with Gasteiger partial charge in [0.15, 0.2) is 0 Å². The fourth-order valence-corrected chi connectivity index (χ4v) is 4.90. The Bertz CT molecular complexity index is 626. The van der Waals surface area contributed by atoms with Crippen LogP contribution in [0.4, 0.5) is 16.2 Å². The topological polar surface area (TPSA) is 38.8 Å². The van der Waals surface area contributed by atoms with Crippen LogP contribution >= 0.6 is 0 Å². The van der Waals surface area contributed by atoms with Crippen LogP contribution in [0.3, 0.4) is 0 Å². The largest absolute Gasteiger partial charge is 0.371 e. The number of carbonyl (C=O) groups is 1. The van der Waals surface area contributed by atoms with Gasteiger partial charge in [-0.25, -0.2) is 4.79 Å². The summed E-state index contributed by atoms with van der Waals surface area (Å²) in [5.74, 6) is 0.932. The van der Waals surface area contributed by atoms with Gasteiger partial charge >= 0.3 is 6.03 Å². The summed E-state index contributed by atoms with van der Waals surface area (Å²) in [4.78, 5) is 19.0. The van der Waals surface area contributed by atoms with Crippen LogP contribution in [0.5, 0.6) is 0 Å². The molecule has 3 aliphatic heterocycles. The van der Waals surface area contributed by atoms with Crippen LogP contribution in [0.2, 0.25) is 0 Å². The van der Waals surface area contributed by atoms with E-state index < -0.39 is 0 Å². The van der Waals surface area contributed by atoms with Crippen molar-refractivity contribution in [3.05, 3.63) is 24.3 Å². The van der Waals surface area contributed by atoms with Crippen LogP contribution in [-0.2, 0) is 0 Å². The number of nitrogens with one attached hydrogen (secondary N) is 1. The molecule has 1 aromatic rings. The van der Waals surface area contributed by atoms with Gasteiger partial charge < -0.3 is 10.2 Å². The van der Waals surface area contributed by atoms with E-state index in [4.69, 9.17) is 0 Å². The maximum absolute atomic E-state index is 11.9. The summed E-state index contributed by atoms with van der Waals surface area (Å²) in [5.41, 5.74) is 2.27. The Hall–Kier alpha value is -1.75. The minimum atomic E-state index is 0.0246. The maximum Gasteiger partial charge on any atom is 0.321 e. The standard InChI is InChI=1S/C21H32N4O/c1-2-4-17-7-11-24(16-17)18-8-12-23(13-9-18)19-5-3-6-20(15-19)25-14-10-22-21(25)26/h3,5-6,15,17-18H,2,4,7-14,16H2,1H3,(H,22,26). The van der Waals surface area contributed by atoms with E-state index in [1.54, 1.807) is 0 Å². The smallest absolute Gasteiger partial charge is 0.321 e. The third-order valence-electron chi connectivity index (χ3n) is 6.36. The first-order chi connectivity index (χ1) is 12.7. The summed E-state index contributed by atoms with van der Waals surface area (Å²) in [6.07, 6.45) is 6.63. The summed E-state index contributed by atoms with van der Waals surface area (Å²) in [6.45, 7) is 8.67. The van der Waals surface area contributed by atoms with Crippen LogP contribution in [-0.4, -0.2) is 56.2 Å². The fraction of sp³-hybridized carbons (Fsp3) is 0.667. The van der Waals surface area contributed by atoms with Crippen molar-refractivity contribution in [1.82, 2.24) is 10.2 Å². The molecule has 0 aliphatic carbocycles. The molecule has 0 spiro atoms. The molecule has 1 unspecified atom stereocenters. The first kappa shape index (κ1) is 17.7. The lowest BCUT2D eigenvalue weighted by atomic mass is 10.0. The van der Waals surface area contributed by atoms with E-state index in [2.05, 4.69) is 40.2 Å². The number of urea groups is 1. The zero-order chi connectivity index (χ0) is 17.9. The molecule has 3 saturated heterocycles. The molecule has 4 rings (SSSR count). The van der Waals surface area contributed by atoms with Gasteiger partial charge in [0.05, 0.1) is 0 Å². The summed E-state index contributed by atoms with van der Waals surface area (Å²) < 4.78 is 0. The van der Waals surface area contributed by atoms with E-state index in [9.17, 15) is 4.79 Å². The van der Waals surface area contributed by atoms with Crippen molar-refractivity contribution in [3.63, 3.8) is 0 Å². The number of hydrogen-bond acceptors (Lipinski definition) is 3. The Morgan fingerprint density at radius 3 is 2.62 bits per heavy atom. The van der Waals surface area contributed by atoms with E-state index in [0.717, 1.165) is 43.8 Å². The quantitative estimate of drug-likeness (QED) is 0.880. The molecule has 3 fully saturated rings. The molecule has 1 aromatic carbocycles. The van der Waals surface area contributed by atoms with E-state index in [1.807, 2.05) is 11.0 Å². The van der Waals surface area contributed by atoms with E-state index >= 15 is 0 Å². The predicted molar refractivity (Wildman–Crippen MR) is 107 cm³/mol. The number of rotatable bonds is 5. The number of nitrogens with zero attached hydrogens (tertiary/aromatic N) is 3. The zero-order valence-electron chi connectivity index (χ0n) is 16.0. The first-order valence-corrected chi connectivity index (χ1v) is 10.4. The molecule has 0 aromatic heterocycles. The van der Waals surface area contributed by atoms with Crippen molar-refractivity contribution in [2.75, 3.05) is 49.1 Å². The van der Waals surface area contributed by atoms with Gasteiger partial charge in [-0.3, -0.25) is 9.80 Å². The van der Waals surface area contributed by atoms with Gasteiger partial charge in [0.1, 0.15) is 0 Å². The molecule has 3 aliphatic rings. The molecule has 142 valence electrons. The highest BCUT2D eigenvalue weighted by molar-refractivity contribution is 5.94. The number of amides is 2. The summed E-state index contributed by atoms with van der Waals surface area (Å²) in [6, 6.07) is 9.28. The Morgan fingerprint density at radius 2 is 1.88 bits per heavy atom. The molecule has 1 atom stereocenters. The van der Waals surface area contributed by atoms with Crippen LogP contribution in [0.25, 0.3) is 0 Å². The lowest BCUT2D eigenvalue weighted by Gasteiger charge is -2.38. The van der Waals surface area contributed by atoms with Gasteiger partial charge in [-0.15, -0.1) is 0 Å². The third kappa shape index (κ3) is 3.68. The Balaban J connectivity index is 1.34. The molecule has 2 amide bonds. The normalized spacial score (nSPS) is 25.1. The second-order valence-electron chi connectivity index (χ2n) is 8.06. The average Bonchev–Trinajstić information content (AvgIpc) is 3.31. The fourth-order valence-electron chi connectivity index (χ4n) is 4.90. The summed E-state index contributed by atoms with van der Waals surface area (Å²) in [7, 11) is 0. The van der Waals surface area contributed by atoms with Crippen molar-refractivity contribution in [2.24, 2.45) is 5.92 Å². The Morgan fingerprint density at radius 1 is 1.08 bits per heavy atom. The molecule has 3 heterocycles. The van der Waals surface area contributed by atoms with E-state index in [-0.39, 0.29) is 6.03 Å². The van der Waals surface area contributed by atoms with Crippen molar-refractivity contribution in [3.8, 4) is 0 Å². The van der Waals surface area contributed by atoms with Crippen LogP contribution in [0.15, 0.2) is 24.3 Å². The van der Waals surface area contributed by atoms with Gasteiger partial charge in [0.25, 0.3) is 0 Å². The molecular formula is C21H32N4O. The lowest BCUT2D eigenvalue weighted by Crippen LogP contribution is -2.44. The lowest BCUT2D eigenvalue weighted by molar-refractivity contribution is 0.199. The molecule has 0 saturated carbocycles. The van der Waals surface area contributed by atoms with Gasteiger partial charge in [-0.2, -0.15) is 0 Å². The van der Waals surface area contributed by atoms with Gasteiger partial charge in [-0.05, 0) is 56.3 Å². The predicted octanol–water partition coefficient (Wildman–Crippen LogP) is 3.31. The highest BCUT2D eigenvalue weighted by Gasteiger charge is 2.30. The Labute approximate surface area is 157 Å². The number of benzene rings is 1. The molecule has 5 nitrogen and oxygen atoms in total. The SMILES string of the molecule is CCCC1CCN(C2CCN(c3cccc(N4CCNC4=O)c3)CC2)C1. The van der Waals surface area contributed by atoms with Gasteiger partial charge in [0.2, 0.25) is 0 Å². The number of hydrogen-bond donors (Lipinski definition) is 1. The monoisotopic (exact) mass is 356 g/mol. The third-order valence-corrected chi connectivity index (χ3v) is 6.36. The molecule has 5 heteroatoms. The zero-order valence-corrected chi connectivity index (χ0v) is 16.0. The number of piperidine rings is 1. The van der Waals surface area contributed by atoms with Gasteiger partial charge in [-0.1, -0.05) is 19.4 Å². The van der Waals surface area contributed by atoms with Crippen molar-refractivity contribution < 1.29 is 4.79 Å². The maximum atomic E-state index is 11.9. The van der Waals surface area contributed by atoms with Crippen molar-refractivity contribution in [1.29, 1.82) is 0 Å². The van der Waals surface area contributed by atoms with Crippen molar-refractivity contribution >= 4 is 17.4 Å². The van der Waals surface area contributed by atoms with Gasteiger partial charge in [0, 0.05) is 50.1 Å². The van der Waals surface area contributed by atoms with E-state index in [0.29, 0.717) is 0 Å². The molecule has 0 radical (unpaired) electrons. The summed E-state index contributed by atoms with van der Waals surface area (Å²) >= 11 is 0. The minimum Gasteiger partial charge on any atom is -0.371 e. The van der Waals surface area contributed by atoms with Crippen LogP contribution < -0.4 is 15.1 Å². The first-order valence-electron chi connectivity index (χ1n) is 10.4. The molecule has 0 bridgehead atoms. The minimum absolute atomic E-state index is 0.0246. The highest BCUT2D eigenvalue weighted by Crippen LogP contribution is 2.30. The molecule has 26 heavy (non-hydrogen) atoms. The second-order valence-corrected chi connectivity index (χ2v) is 8.06. The van der Waals surface area contributed by atoms with Crippen molar-refractivity contribution in [2.45, 2.75) is 45.1 Å². The molecule has 1 N–H and O–H groups in total.